The van der Waals surface area contributed by atoms with Crippen molar-refractivity contribution in [1.82, 2.24) is 0 Å². The summed E-state index contributed by atoms with van der Waals surface area (Å²) in [6.07, 6.45) is 0.646. The van der Waals surface area contributed by atoms with E-state index in [1.165, 1.54) is 17.2 Å². The highest BCUT2D eigenvalue weighted by molar-refractivity contribution is 6.21. The van der Waals surface area contributed by atoms with Crippen molar-refractivity contribution in [2.24, 2.45) is 0 Å². The van der Waals surface area contributed by atoms with Gasteiger partial charge < -0.3 is 4.74 Å². The molecule has 0 fully saturated rings. The summed E-state index contributed by atoms with van der Waals surface area (Å²) in [4.78, 5) is 0. The van der Waals surface area contributed by atoms with Crippen LogP contribution in [0.4, 0.5) is 8.78 Å². The maximum atomic E-state index is 12.2. The average Bonchev–Trinajstić information content (AvgIpc) is 2.42. The van der Waals surface area contributed by atoms with Gasteiger partial charge in [-0.3, -0.25) is 0 Å². The van der Waals surface area contributed by atoms with E-state index in [9.17, 15) is 8.78 Å². The molecule has 1 unspecified atom stereocenters. The van der Waals surface area contributed by atoms with Gasteiger partial charge in [0.25, 0.3) is 0 Å². The van der Waals surface area contributed by atoms with Crippen LogP contribution in [0.5, 0.6) is 5.75 Å². The molecule has 2 aromatic carbocycles. The van der Waals surface area contributed by atoms with Gasteiger partial charge in [-0.2, -0.15) is 8.78 Å². The highest BCUT2D eigenvalue weighted by atomic mass is 35.5. The first-order chi connectivity index (χ1) is 9.95. The van der Waals surface area contributed by atoms with Gasteiger partial charge in [0.1, 0.15) is 5.75 Å². The van der Waals surface area contributed by atoms with Crippen LogP contribution in [0, 0.1) is 13.8 Å². The van der Waals surface area contributed by atoms with Crippen molar-refractivity contribution in [3.63, 3.8) is 0 Å². The molecule has 0 heterocycles. The third-order valence-corrected chi connectivity index (χ3v) is 3.75. The number of rotatable bonds is 5. The van der Waals surface area contributed by atoms with Crippen LogP contribution in [-0.4, -0.2) is 6.61 Å². The van der Waals surface area contributed by atoms with Gasteiger partial charge in [-0.15, -0.1) is 11.6 Å². The van der Waals surface area contributed by atoms with Crippen molar-refractivity contribution in [1.29, 1.82) is 0 Å². The first-order valence-corrected chi connectivity index (χ1v) is 7.14. The largest absolute Gasteiger partial charge is 0.435 e. The molecule has 0 N–H and O–H groups in total. The first kappa shape index (κ1) is 15.8. The molecule has 0 radical (unpaired) electrons. The summed E-state index contributed by atoms with van der Waals surface area (Å²) in [5.74, 6) is 0.133. The van der Waals surface area contributed by atoms with E-state index in [-0.39, 0.29) is 11.1 Å². The molecule has 0 bridgehead atoms. The minimum atomic E-state index is -2.83. The molecular weight excluding hydrogens is 294 g/mol. The number of hydrogen-bond donors (Lipinski definition) is 0. The van der Waals surface area contributed by atoms with E-state index in [0.717, 1.165) is 11.1 Å². The second-order valence-corrected chi connectivity index (χ2v) is 5.58. The number of hydrogen-bond acceptors (Lipinski definition) is 1. The van der Waals surface area contributed by atoms with Gasteiger partial charge in [0.05, 0.1) is 5.38 Å². The van der Waals surface area contributed by atoms with Gasteiger partial charge in [0.2, 0.25) is 0 Å². The molecular formula is C17H17ClF2O. The zero-order valence-electron chi connectivity index (χ0n) is 11.9. The smallest absolute Gasteiger partial charge is 0.387 e. The predicted octanol–water partition coefficient (Wildman–Crippen LogP) is 5.43. The Kier molecular flexibility index (Phi) is 5.18. The van der Waals surface area contributed by atoms with Crippen molar-refractivity contribution < 1.29 is 13.5 Å². The summed E-state index contributed by atoms with van der Waals surface area (Å²) in [5.41, 5.74) is 4.28. The van der Waals surface area contributed by atoms with Gasteiger partial charge in [-0.1, -0.05) is 35.9 Å². The lowest BCUT2D eigenvalue weighted by atomic mass is 9.98. The standard InChI is InChI=1S/C17H17ClF2O/c1-11-6-7-12(2)14(8-11)10-16(18)13-4-3-5-15(9-13)21-17(19)20/h3-9,16-17H,10H2,1-2H3. The minimum Gasteiger partial charge on any atom is -0.435 e. The van der Waals surface area contributed by atoms with Crippen molar-refractivity contribution in [2.45, 2.75) is 32.3 Å². The van der Waals surface area contributed by atoms with E-state index in [1.807, 2.05) is 19.9 Å². The molecule has 1 atom stereocenters. The van der Waals surface area contributed by atoms with Crippen LogP contribution in [0.3, 0.4) is 0 Å². The van der Waals surface area contributed by atoms with Crippen LogP contribution in [0.15, 0.2) is 42.5 Å². The minimum absolute atomic E-state index is 0.133. The quantitative estimate of drug-likeness (QED) is 0.669. The zero-order chi connectivity index (χ0) is 15.4. The molecule has 21 heavy (non-hydrogen) atoms. The molecule has 4 heteroatoms. The van der Waals surface area contributed by atoms with Gasteiger partial charge in [0.15, 0.2) is 0 Å². The van der Waals surface area contributed by atoms with Crippen LogP contribution in [-0.2, 0) is 6.42 Å². The Morgan fingerprint density at radius 1 is 1.10 bits per heavy atom. The normalized spacial score (nSPS) is 12.5. The van der Waals surface area contributed by atoms with E-state index in [4.69, 9.17) is 11.6 Å². The Balaban J connectivity index is 2.16. The van der Waals surface area contributed by atoms with Crippen LogP contribution >= 0.6 is 11.6 Å². The van der Waals surface area contributed by atoms with Crippen LogP contribution in [0.1, 0.15) is 27.6 Å². The number of alkyl halides is 3. The summed E-state index contributed by atoms with van der Waals surface area (Å²) in [6.45, 7) is 1.24. The predicted molar refractivity (Wildman–Crippen MR) is 81.3 cm³/mol. The lowest BCUT2D eigenvalue weighted by Crippen LogP contribution is -2.03. The maximum absolute atomic E-state index is 12.2. The number of benzene rings is 2. The molecule has 0 aliphatic heterocycles. The molecule has 0 aliphatic rings. The molecule has 1 nitrogen and oxygen atoms in total. The Labute approximate surface area is 128 Å². The van der Waals surface area contributed by atoms with E-state index in [1.54, 1.807) is 12.1 Å². The van der Waals surface area contributed by atoms with Gasteiger partial charge >= 0.3 is 6.61 Å². The maximum Gasteiger partial charge on any atom is 0.387 e. The fourth-order valence-corrected chi connectivity index (χ4v) is 2.52. The summed E-state index contributed by atoms with van der Waals surface area (Å²) in [7, 11) is 0. The summed E-state index contributed by atoms with van der Waals surface area (Å²) in [5, 5.41) is -0.285. The molecule has 0 aliphatic carbocycles. The Hall–Kier alpha value is -1.61. The molecule has 2 aromatic rings. The fourth-order valence-electron chi connectivity index (χ4n) is 2.22. The van der Waals surface area contributed by atoms with E-state index >= 15 is 0 Å². The van der Waals surface area contributed by atoms with Crippen LogP contribution in [0.2, 0.25) is 0 Å². The van der Waals surface area contributed by atoms with Gasteiger partial charge in [-0.25, -0.2) is 0 Å². The van der Waals surface area contributed by atoms with Crippen molar-refractivity contribution in [3.8, 4) is 5.75 Å². The summed E-state index contributed by atoms with van der Waals surface area (Å²) < 4.78 is 28.9. The SMILES string of the molecule is Cc1ccc(C)c(CC(Cl)c2cccc(OC(F)F)c2)c1. The highest BCUT2D eigenvalue weighted by Gasteiger charge is 2.13. The van der Waals surface area contributed by atoms with Crippen molar-refractivity contribution in [3.05, 3.63) is 64.7 Å². The van der Waals surface area contributed by atoms with Crippen LogP contribution in [0.25, 0.3) is 0 Å². The zero-order valence-corrected chi connectivity index (χ0v) is 12.7. The van der Waals surface area contributed by atoms with Gasteiger partial charge in [-0.05, 0) is 49.1 Å². The Morgan fingerprint density at radius 3 is 2.57 bits per heavy atom. The molecule has 0 amide bonds. The number of aryl methyl sites for hydroxylation is 2. The van der Waals surface area contributed by atoms with E-state index < -0.39 is 6.61 Å². The molecule has 0 saturated carbocycles. The first-order valence-electron chi connectivity index (χ1n) is 6.70. The number of halogens is 3. The third-order valence-electron chi connectivity index (χ3n) is 3.35. The lowest BCUT2D eigenvalue weighted by molar-refractivity contribution is -0.0498. The molecule has 0 spiro atoms. The topological polar surface area (TPSA) is 9.23 Å². The monoisotopic (exact) mass is 310 g/mol. The van der Waals surface area contributed by atoms with Gasteiger partial charge in [0, 0.05) is 0 Å². The van der Waals surface area contributed by atoms with Crippen molar-refractivity contribution in [2.75, 3.05) is 0 Å². The third kappa shape index (κ3) is 4.43. The fraction of sp³-hybridized carbons (Fsp3) is 0.294. The summed E-state index contributed by atoms with van der Waals surface area (Å²) in [6, 6.07) is 12.8. The lowest BCUT2D eigenvalue weighted by Gasteiger charge is -2.14. The van der Waals surface area contributed by atoms with Crippen LogP contribution < -0.4 is 4.74 Å². The Morgan fingerprint density at radius 2 is 1.86 bits per heavy atom. The molecule has 112 valence electrons. The molecule has 0 saturated heterocycles. The summed E-state index contributed by atoms with van der Waals surface area (Å²) >= 11 is 6.43. The van der Waals surface area contributed by atoms with E-state index in [0.29, 0.717) is 6.42 Å². The average molecular weight is 311 g/mol. The van der Waals surface area contributed by atoms with E-state index in [2.05, 4.69) is 22.9 Å². The Bertz CT molecular complexity index is 613. The van der Waals surface area contributed by atoms with Crippen molar-refractivity contribution >= 4 is 11.6 Å². The highest BCUT2D eigenvalue weighted by Crippen LogP contribution is 2.29. The second kappa shape index (κ2) is 6.90. The molecule has 2 rings (SSSR count). The number of ether oxygens (including phenoxy) is 1. The molecule has 0 aromatic heterocycles. The second-order valence-electron chi connectivity index (χ2n) is 5.05.